The maximum atomic E-state index is 11.6. The number of ether oxygens (including phenoxy) is 1. The van der Waals surface area contributed by atoms with Gasteiger partial charge in [0.25, 0.3) is 0 Å². The van der Waals surface area contributed by atoms with Crippen LogP contribution in [0.2, 0.25) is 0 Å². The van der Waals surface area contributed by atoms with Gasteiger partial charge in [0.2, 0.25) is 0 Å². The van der Waals surface area contributed by atoms with Crippen LogP contribution in [0.3, 0.4) is 0 Å². The van der Waals surface area contributed by atoms with Crippen molar-refractivity contribution < 1.29 is 9.53 Å². The Labute approximate surface area is 98.1 Å². The molecule has 1 heterocycles. The van der Waals surface area contributed by atoms with E-state index >= 15 is 0 Å². The summed E-state index contributed by atoms with van der Waals surface area (Å²) < 4.78 is 5.28. The van der Waals surface area contributed by atoms with E-state index in [0.29, 0.717) is 11.8 Å². The zero-order valence-electron chi connectivity index (χ0n) is 11.0. The van der Waals surface area contributed by atoms with Gasteiger partial charge in [0.15, 0.2) is 0 Å². The number of rotatable bonds is 2. The van der Waals surface area contributed by atoms with E-state index in [0.717, 1.165) is 13.1 Å². The van der Waals surface area contributed by atoms with Crippen LogP contribution in [0.15, 0.2) is 0 Å². The number of carbonyl (C=O) groups excluding carboxylic acids is 1. The molecule has 16 heavy (non-hydrogen) atoms. The summed E-state index contributed by atoms with van der Waals surface area (Å²) in [6.45, 7) is 11.3. The van der Waals surface area contributed by atoms with Crippen LogP contribution in [-0.2, 0) is 4.74 Å². The van der Waals surface area contributed by atoms with E-state index in [4.69, 9.17) is 10.5 Å². The minimum Gasteiger partial charge on any atom is -0.444 e. The molecule has 1 rings (SSSR count). The molecule has 0 aliphatic carbocycles. The first kappa shape index (κ1) is 13.3. The van der Waals surface area contributed by atoms with E-state index in [1.165, 1.54) is 0 Å². The van der Waals surface area contributed by atoms with Crippen molar-refractivity contribution in [3.05, 3.63) is 0 Å². The van der Waals surface area contributed by atoms with Gasteiger partial charge >= 0.3 is 6.09 Å². The predicted molar refractivity (Wildman–Crippen MR) is 64.1 cm³/mol. The Balaban J connectivity index is 2.33. The van der Waals surface area contributed by atoms with Crippen LogP contribution in [0, 0.1) is 11.8 Å². The van der Waals surface area contributed by atoms with Gasteiger partial charge in [-0.2, -0.15) is 0 Å². The number of hydrogen-bond acceptors (Lipinski definition) is 3. The smallest absolute Gasteiger partial charge is 0.410 e. The van der Waals surface area contributed by atoms with Crippen molar-refractivity contribution in [3.63, 3.8) is 0 Å². The molecule has 2 N–H and O–H groups in total. The lowest BCUT2D eigenvalue weighted by atomic mass is 9.86. The zero-order chi connectivity index (χ0) is 12.5. The Kier molecular flexibility index (Phi) is 3.84. The van der Waals surface area contributed by atoms with Crippen LogP contribution in [0.5, 0.6) is 0 Å². The molecule has 94 valence electrons. The SMILES string of the molecule is CC(C)[C@@H](N)C1CN(C(=O)OC(C)(C)C)C1. The third-order valence-electron chi connectivity index (χ3n) is 2.88. The van der Waals surface area contributed by atoms with Gasteiger partial charge in [0.05, 0.1) is 0 Å². The lowest BCUT2D eigenvalue weighted by Gasteiger charge is -2.43. The minimum absolute atomic E-state index is 0.179. The molecule has 0 aromatic carbocycles. The monoisotopic (exact) mass is 228 g/mol. The third-order valence-corrected chi connectivity index (χ3v) is 2.88. The van der Waals surface area contributed by atoms with Crippen molar-refractivity contribution in [1.82, 2.24) is 4.90 Å². The molecule has 4 nitrogen and oxygen atoms in total. The molecule has 0 aromatic heterocycles. The lowest BCUT2D eigenvalue weighted by Crippen LogP contribution is -2.58. The highest BCUT2D eigenvalue weighted by molar-refractivity contribution is 5.69. The molecule has 1 amide bonds. The van der Waals surface area contributed by atoms with Crippen molar-refractivity contribution in [1.29, 1.82) is 0 Å². The summed E-state index contributed by atoms with van der Waals surface area (Å²) in [7, 11) is 0. The molecule has 0 spiro atoms. The van der Waals surface area contributed by atoms with Crippen molar-refractivity contribution >= 4 is 6.09 Å². The van der Waals surface area contributed by atoms with E-state index in [1.807, 2.05) is 20.8 Å². The number of nitrogens with two attached hydrogens (primary N) is 1. The number of likely N-dealkylation sites (tertiary alicyclic amines) is 1. The summed E-state index contributed by atoms with van der Waals surface area (Å²) in [5.74, 6) is 0.887. The second kappa shape index (κ2) is 4.62. The topological polar surface area (TPSA) is 55.6 Å². The molecule has 1 saturated heterocycles. The first-order valence-corrected chi connectivity index (χ1v) is 5.94. The highest BCUT2D eigenvalue weighted by atomic mass is 16.6. The largest absolute Gasteiger partial charge is 0.444 e. The van der Waals surface area contributed by atoms with Crippen molar-refractivity contribution in [3.8, 4) is 0 Å². The van der Waals surface area contributed by atoms with Crippen LogP contribution in [0.1, 0.15) is 34.6 Å². The van der Waals surface area contributed by atoms with Gasteiger partial charge in [-0.1, -0.05) is 13.8 Å². The van der Waals surface area contributed by atoms with E-state index in [9.17, 15) is 4.79 Å². The normalized spacial score (nSPS) is 19.6. The van der Waals surface area contributed by atoms with Crippen LogP contribution < -0.4 is 5.73 Å². The maximum Gasteiger partial charge on any atom is 0.410 e. The molecule has 0 radical (unpaired) electrons. The zero-order valence-corrected chi connectivity index (χ0v) is 11.0. The van der Waals surface area contributed by atoms with E-state index in [1.54, 1.807) is 4.90 Å². The van der Waals surface area contributed by atoms with E-state index in [2.05, 4.69) is 13.8 Å². The lowest BCUT2D eigenvalue weighted by molar-refractivity contribution is -0.00707. The van der Waals surface area contributed by atoms with Gasteiger partial charge < -0.3 is 15.4 Å². The number of amides is 1. The molecule has 0 unspecified atom stereocenters. The fourth-order valence-corrected chi connectivity index (χ4v) is 1.78. The van der Waals surface area contributed by atoms with Crippen molar-refractivity contribution in [2.24, 2.45) is 17.6 Å². The molecular weight excluding hydrogens is 204 g/mol. The molecule has 4 heteroatoms. The van der Waals surface area contributed by atoms with Gasteiger partial charge in [-0.3, -0.25) is 0 Å². The summed E-state index contributed by atoms with van der Waals surface area (Å²) in [4.78, 5) is 13.4. The second-order valence-corrected chi connectivity index (χ2v) is 5.97. The number of carbonyl (C=O) groups is 1. The highest BCUT2D eigenvalue weighted by Gasteiger charge is 2.37. The molecule has 0 bridgehead atoms. The Morgan fingerprint density at radius 1 is 1.38 bits per heavy atom. The summed E-state index contributed by atoms with van der Waals surface area (Å²) >= 11 is 0. The Bertz CT molecular complexity index is 252. The Hall–Kier alpha value is -0.770. The summed E-state index contributed by atoms with van der Waals surface area (Å²) in [5.41, 5.74) is 5.62. The van der Waals surface area contributed by atoms with Crippen LogP contribution in [0.25, 0.3) is 0 Å². The second-order valence-electron chi connectivity index (χ2n) is 5.97. The Morgan fingerprint density at radius 2 is 1.88 bits per heavy atom. The first-order chi connectivity index (χ1) is 7.20. The highest BCUT2D eigenvalue weighted by Crippen LogP contribution is 2.24. The van der Waals surface area contributed by atoms with Gasteiger partial charge in [-0.25, -0.2) is 4.79 Å². The standard InChI is InChI=1S/C12H24N2O2/c1-8(2)10(13)9-6-14(7-9)11(15)16-12(3,4)5/h8-10H,6-7,13H2,1-5H3/t10-/m1/s1. The molecule has 1 aliphatic heterocycles. The van der Waals surface area contributed by atoms with Crippen LogP contribution in [-0.4, -0.2) is 35.7 Å². The van der Waals surface area contributed by atoms with Crippen molar-refractivity contribution in [2.75, 3.05) is 13.1 Å². The van der Waals surface area contributed by atoms with Gasteiger partial charge in [0.1, 0.15) is 5.60 Å². The van der Waals surface area contributed by atoms with Crippen molar-refractivity contribution in [2.45, 2.75) is 46.3 Å². The fourth-order valence-electron chi connectivity index (χ4n) is 1.78. The summed E-state index contributed by atoms with van der Waals surface area (Å²) in [5, 5.41) is 0. The van der Waals surface area contributed by atoms with E-state index < -0.39 is 5.60 Å². The van der Waals surface area contributed by atoms with Crippen LogP contribution >= 0.6 is 0 Å². The molecule has 1 fully saturated rings. The summed E-state index contributed by atoms with van der Waals surface area (Å²) in [6.07, 6.45) is -0.222. The quantitative estimate of drug-likeness (QED) is 0.784. The number of nitrogens with zero attached hydrogens (tertiary/aromatic N) is 1. The molecule has 0 saturated carbocycles. The average molecular weight is 228 g/mol. The predicted octanol–water partition coefficient (Wildman–Crippen LogP) is 1.84. The Morgan fingerprint density at radius 3 is 2.25 bits per heavy atom. The van der Waals surface area contributed by atoms with Gasteiger partial charge in [-0.15, -0.1) is 0 Å². The maximum absolute atomic E-state index is 11.6. The first-order valence-electron chi connectivity index (χ1n) is 5.94. The minimum atomic E-state index is -0.414. The third kappa shape index (κ3) is 3.37. The molecule has 0 aromatic rings. The van der Waals surface area contributed by atoms with E-state index in [-0.39, 0.29) is 12.1 Å². The average Bonchev–Trinajstić information content (AvgIpc) is 1.96. The number of hydrogen-bond donors (Lipinski definition) is 1. The summed E-state index contributed by atoms with van der Waals surface area (Å²) in [6, 6.07) is 0.179. The fraction of sp³-hybridized carbons (Fsp3) is 0.917. The van der Waals surface area contributed by atoms with Gasteiger partial charge in [0, 0.05) is 25.0 Å². The molecular formula is C12H24N2O2. The molecule has 1 aliphatic rings. The molecule has 1 atom stereocenters. The van der Waals surface area contributed by atoms with Gasteiger partial charge in [-0.05, 0) is 26.7 Å². The van der Waals surface area contributed by atoms with Crippen LogP contribution in [0.4, 0.5) is 4.79 Å².